The molecule has 0 spiro atoms. The lowest BCUT2D eigenvalue weighted by molar-refractivity contribution is 0.670. The first-order valence-electron chi connectivity index (χ1n) is 28.5. The standard InChI is InChI=1S/C78H50N2O2Si/c1-3-21-55(22-4-1)83(56-23-5-2-6-24-56,76-40-20-33-65-67-50-53(44-48-74(67)82-78(65)76)59-27-9-14-34-68(59)80-71-37-17-12-30-62(71)63-31-13-18-38-72(63)80)75-39-19-32-64-66-49-52(43-47-73(66)81-77(64)75)58-26-8-7-25-57(58)51-41-45-54(46-42-51)79-69-35-15-10-28-60(69)61-29-11-16-36-70(61)79/h1-50H. The summed E-state index contributed by atoms with van der Waals surface area (Å²) in [7, 11) is -3.31. The van der Waals surface area contributed by atoms with Crippen molar-refractivity contribution in [2.24, 2.45) is 0 Å². The number of furan rings is 2. The highest BCUT2D eigenvalue weighted by Gasteiger charge is 2.46. The SMILES string of the molecule is c1ccc([Si](c2ccccc2)(c2cccc3c2oc2ccc(-c4ccccc4-c4ccc(-n5c6ccccc6c6ccccc65)cc4)cc23)c2cccc3c2oc2ccc(-c4ccccc4-n4c5ccccc5c5ccccc54)cc23)cc1. The molecule has 0 saturated heterocycles. The average molecular weight is 1080 g/mol. The first-order valence-corrected chi connectivity index (χ1v) is 30.5. The molecule has 0 saturated carbocycles. The van der Waals surface area contributed by atoms with E-state index in [-0.39, 0.29) is 0 Å². The molecule has 83 heavy (non-hydrogen) atoms. The highest BCUT2D eigenvalue weighted by atomic mass is 28.3. The molecule has 4 nitrogen and oxygen atoms in total. The van der Waals surface area contributed by atoms with Crippen LogP contribution in [0.25, 0.3) is 132 Å². The molecule has 0 aliphatic heterocycles. The lowest BCUT2D eigenvalue weighted by atomic mass is 9.93. The fraction of sp³-hybridized carbons (Fsp3) is 0. The second-order valence-electron chi connectivity index (χ2n) is 21.8. The van der Waals surface area contributed by atoms with Gasteiger partial charge in [0.15, 0.2) is 8.07 Å². The van der Waals surface area contributed by atoms with Crippen LogP contribution in [-0.2, 0) is 0 Å². The van der Waals surface area contributed by atoms with Gasteiger partial charge in [-0.3, -0.25) is 0 Å². The van der Waals surface area contributed by atoms with Crippen LogP contribution in [0.2, 0.25) is 0 Å². The summed E-state index contributed by atoms with van der Waals surface area (Å²) in [5, 5.41) is 14.1. The molecule has 5 heteroatoms. The number of hydrogen-bond acceptors (Lipinski definition) is 2. The van der Waals surface area contributed by atoms with Gasteiger partial charge in [0, 0.05) is 54.3 Å². The fourth-order valence-corrected chi connectivity index (χ4v) is 18.9. The van der Waals surface area contributed by atoms with Gasteiger partial charge in [-0.2, -0.15) is 0 Å². The number of benzene rings is 13. The van der Waals surface area contributed by atoms with Gasteiger partial charge in [0.05, 0.1) is 27.8 Å². The summed E-state index contributed by atoms with van der Waals surface area (Å²) in [5.41, 5.74) is 17.4. The maximum absolute atomic E-state index is 7.30. The monoisotopic (exact) mass is 1070 g/mol. The van der Waals surface area contributed by atoms with E-state index < -0.39 is 8.07 Å². The molecule has 0 atom stereocenters. The van der Waals surface area contributed by atoms with Crippen LogP contribution in [0.15, 0.2) is 312 Å². The van der Waals surface area contributed by atoms with E-state index in [1.807, 2.05) is 0 Å². The largest absolute Gasteiger partial charge is 0.456 e. The van der Waals surface area contributed by atoms with Crippen molar-refractivity contribution < 1.29 is 8.83 Å². The third kappa shape index (κ3) is 7.11. The van der Waals surface area contributed by atoms with Gasteiger partial charge >= 0.3 is 0 Å². The maximum Gasteiger partial charge on any atom is 0.188 e. The van der Waals surface area contributed by atoms with E-state index in [2.05, 4.69) is 312 Å². The van der Waals surface area contributed by atoms with Crippen LogP contribution in [0, 0.1) is 0 Å². The van der Waals surface area contributed by atoms with Gasteiger partial charge in [-0.15, -0.1) is 0 Å². The number of hydrogen-bond donors (Lipinski definition) is 0. The van der Waals surface area contributed by atoms with Crippen LogP contribution in [0.1, 0.15) is 0 Å². The number of para-hydroxylation sites is 7. The summed E-state index contributed by atoms with van der Waals surface area (Å²) in [4.78, 5) is 0. The highest BCUT2D eigenvalue weighted by molar-refractivity contribution is 7.21. The third-order valence-corrected chi connectivity index (χ3v) is 22.3. The average Bonchev–Trinajstić information content (AvgIpc) is 2.80. The molecule has 0 amide bonds. The number of rotatable bonds is 9. The number of aromatic nitrogens is 2. The summed E-state index contributed by atoms with van der Waals surface area (Å²) in [6.07, 6.45) is 0. The van der Waals surface area contributed by atoms with E-state index in [4.69, 9.17) is 8.83 Å². The smallest absolute Gasteiger partial charge is 0.188 e. The summed E-state index contributed by atoms with van der Waals surface area (Å²) >= 11 is 0. The minimum Gasteiger partial charge on any atom is -0.456 e. The minimum absolute atomic E-state index is 0.850. The van der Waals surface area contributed by atoms with Gasteiger partial charge in [-0.05, 0) is 115 Å². The zero-order valence-corrected chi connectivity index (χ0v) is 46.1. The minimum atomic E-state index is -3.31. The molecule has 0 fully saturated rings. The van der Waals surface area contributed by atoms with Gasteiger partial charge in [-0.1, -0.05) is 237 Å². The quantitative estimate of drug-likeness (QED) is 0.107. The van der Waals surface area contributed by atoms with Gasteiger partial charge in [0.1, 0.15) is 22.3 Å². The van der Waals surface area contributed by atoms with E-state index in [9.17, 15) is 0 Å². The van der Waals surface area contributed by atoms with Crippen LogP contribution < -0.4 is 20.7 Å². The summed E-state index contributed by atoms with van der Waals surface area (Å²) < 4.78 is 19.4. The number of nitrogens with zero attached hydrogens (tertiary/aromatic N) is 2. The second-order valence-corrected chi connectivity index (χ2v) is 25.6. The normalized spacial score (nSPS) is 12.1. The number of fused-ring (bicyclic) bond motifs is 12. The Morgan fingerprint density at radius 3 is 1.12 bits per heavy atom. The topological polar surface area (TPSA) is 36.1 Å². The Bertz CT molecular complexity index is 5250. The molecule has 0 unspecified atom stereocenters. The lowest BCUT2D eigenvalue weighted by Crippen LogP contribution is -2.75. The van der Waals surface area contributed by atoms with Crippen LogP contribution in [0.4, 0.5) is 0 Å². The first kappa shape index (κ1) is 47.1. The molecule has 0 aliphatic rings. The Morgan fingerprint density at radius 1 is 0.253 bits per heavy atom. The van der Waals surface area contributed by atoms with Crippen molar-refractivity contribution in [1.29, 1.82) is 0 Å². The second kappa shape index (κ2) is 18.7. The van der Waals surface area contributed by atoms with E-state index in [1.165, 1.54) is 69.9 Å². The third-order valence-electron chi connectivity index (χ3n) is 17.5. The zero-order chi connectivity index (χ0) is 54.6. The van der Waals surface area contributed by atoms with Gasteiger partial charge in [0.25, 0.3) is 0 Å². The molecular formula is C78H50N2O2Si. The Morgan fingerprint density at radius 2 is 0.627 bits per heavy atom. The predicted octanol–water partition coefficient (Wildman–Crippen LogP) is 18.1. The molecule has 17 rings (SSSR count). The Balaban J connectivity index is 0.821. The molecule has 17 aromatic rings. The summed E-state index contributed by atoms with van der Waals surface area (Å²) in [5.74, 6) is 0. The van der Waals surface area contributed by atoms with Crippen LogP contribution in [-0.4, -0.2) is 17.2 Å². The van der Waals surface area contributed by atoms with Crippen molar-refractivity contribution in [2.75, 3.05) is 0 Å². The van der Waals surface area contributed by atoms with Crippen molar-refractivity contribution >= 4 is 116 Å². The fourth-order valence-electron chi connectivity index (χ4n) is 13.9. The predicted molar refractivity (Wildman–Crippen MR) is 350 cm³/mol. The molecule has 0 N–H and O–H groups in total. The Hall–Kier alpha value is -10.7. The van der Waals surface area contributed by atoms with Crippen molar-refractivity contribution in [2.45, 2.75) is 0 Å². The first-order chi connectivity index (χ1) is 41.2. The zero-order valence-electron chi connectivity index (χ0n) is 45.1. The Kier molecular flexibility index (Phi) is 10.6. The molecule has 0 bridgehead atoms. The molecular weight excluding hydrogens is 1020 g/mol. The van der Waals surface area contributed by atoms with Crippen molar-refractivity contribution in [3.63, 3.8) is 0 Å². The van der Waals surface area contributed by atoms with Gasteiger partial charge in [0.2, 0.25) is 0 Å². The molecule has 13 aromatic carbocycles. The molecule has 388 valence electrons. The molecule has 0 aliphatic carbocycles. The van der Waals surface area contributed by atoms with E-state index in [0.29, 0.717) is 0 Å². The van der Waals surface area contributed by atoms with E-state index in [0.717, 1.165) is 83.1 Å². The Labute approximate surface area is 479 Å². The highest BCUT2D eigenvalue weighted by Crippen LogP contribution is 2.41. The van der Waals surface area contributed by atoms with E-state index >= 15 is 0 Å². The van der Waals surface area contributed by atoms with Crippen molar-refractivity contribution in [3.8, 4) is 44.8 Å². The van der Waals surface area contributed by atoms with Crippen molar-refractivity contribution in [3.05, 3.63) is 303 Å². The molecule has 4 heterocycles. The van der Waals surface area contributed by atoms with Crippen LogP contribution in [0.3, 0.4) is 0 Å². The summed E-state index contributed by atoms with van der Waals surface area (Å²) in [6.45, 7) is 0. The molecule has 0 radical (unpaired) electrons. The lowest BCUT2D eigenvalue weighted by Gasteiger charge is -2.34. The van der Waals surface area contributed by atoms with Gasteiger partial charge in [-0.25, -0.2) is 0 Å². The summed E-state index contributed by atoms with van der Waals surface area (Å²) in [6, 6.07) is 111. The van der Waals surface area contributed by atoms with Crippen LogP contribution in [0.5, 0.6) is 0 Å². The van der Waals surface area contributed by atoms with E-state index in [1.54, 1.807) is 0 Å². The van der Waals surface area contributed by atoms with Gasteiger partial charge < -0.3 is 18.0 Å². The maximum atomic E-state index is 7.30. The molecule has 4 aromatic heterocycles. The van der Waals surface area contributed by atoms with Crippen LogP contribution >= 0.6 is 0 Å². The van der Waals surface area contributed by atoms with Crippen molar-refractivity contribution in [1.82, 2.24) is 9.13 Å².